The fourth-order valence-electron chi connectivity index (χ4n) is 4.05. The molecule has 0 N–H and O–H groups in total. The van der Waals surface area contributed by atoms with Crippen LogP contribution in [-0.4, -0.2) is 0 Å². The molecule has 162 valence electrons. The second-order valence-corrected chi connectivity index (χ2v) is 7.55. The van der Waals surface area contributed by atoms with Crippen LogP contribution in [-0.2, 0) is 34.1 Å². The molecule has 0 nitrogen and oxygen atoms in total. The van der Waals surface area contributed by atoms with Crippen LogP contribution in [0.15, 0.2) is 47.6 Å². The van der Waals surface area contributed by atoms with Crippen LogP contribution in [0, 0.1) is 39.5 Å². The molecule has 0 aliphatic heterocycles. The second kappa shape index (κ2) is 20.0. The van der Waals surface area contributed by atoms with Crippen LogP contribution < -0.4 is 0 Å². The Kier molecular flexibility index (Phi) is 23.2. The molecule has 2 fully saturated rings. The van der Waals surface area contributed by atoms with Crippen molar-refractivity contribution in [2.75, 3.05) is 0 Å². The van der Waals surface area contributed by atoms with Gasteiger partial charge in [-0.25, -0.2) is 30.6 Å². The first kappa shape index (κ1) is 32.4. The maximum absolute atomic E-state index is 2.40. The normalized spacial score (nSPS) is 23.6. The minimum atomic E-state index is 0. The summed E-state index contributed by atoms with van der Waals surface area (Å²) in [4.78, 5) is 0. The average Bonchev–Trinajstić information content (AvgIpc) is 3.33. The predicted octanol–water partition coefficient (Wildman–Crippen LogP) is 8.46. The van der Waals surface area contributed by atoms with Crippen LogP contribution in [0.25, 0.3) is 0 Å². The van der Waals surface area contributed by atoms with Crippen molar-refractivity contribution >= 4 is 0 Å². The SMILES string of the molecule is C1=C[CH-]CC=C1.C1CCCC1.CC1=C(C2CCCC2C)C=CC[CH-]1.[CH3-].[CH3-].[Fe+2].[Fe+2]. The van der Waals surface area contributed by atoms with Gasteiger partial charge in [-0.15, -0.1) is 24.3 Å². The van der Waals surface area contributed by atoms with Gasteiger partial charge < -0.3 is 14.9 Å². The molecule has 2 saturated carbocycles. The van der Waals surface area contributed by atoms with Crippen molar-refractivity contribution in [2.45, 2.75) is 78.1 Å². The van der Waals surface area contributed by atoms with Crippen LogP contribution in [0.2, 0.25) is 0 Å². The summed E-state index contributed by atoms with van der Waals surface area (Å²) in [5.74, 6) is 1.76. The summed E-state index contributed by atoms with van der Waals surface area (Å²) in [6.07, 6.45) is 31.4. The van der Waals surface area contributed by atoms with Crippen molar-refractivity contribution in [2.24, 2.45) is 11.8 Å². The predicted molar refractivity (Wildman–Crippen MR) is 120 cm³/mol. The zero-order valence-corrected chi connectivity index (χ0v) is 20.8. The molecule has 0 amide bonds. The molecule has 2 atom stereocenters. The summed E-state index contributed by atoms with van der Waals surface area (Å²) in [5.41, 5.74) is 3.15. The second-order valence-electron chi connectivity index (χ2n) is 7.55. The molecule has 4 aliphatic rings. The van der Waals surface area contributed by atoms with Crippen molar-refractivity contribution in [3.63, 3.8) is 0 Å². The Morgan fingerprint density at radius 3 is 1.82 bits per heavy atom. The summed E-state index contributed by atoms with van der Waals surface area (Å²) in [7, 11) is 0. The molecule has 4 aliphatic carbocycles. The van der Waals surface area contributed by atoms with Gasteiger partial charge in [-0.1, -0.05) is 89.9 Å². The minimum Gasteiger partial charge on any atom is -0.358 e. The Labute approximate surface area is 198 Å². The Morgan fingerprint density at radius 2 is 1.46 bits per heavy atom. The summed E-state index contributed by atoms with van der Waals surface area (Å²) in [6.45, 7) is 4.67. The van der Waals surface area contributed by atoms with Gasteiger partial charge in [0.2, 0.25) is 0 Å². The maximum atomic E-state index is 2.40. The fourth-order valence-corrected chi connectivity index (χ4v) is 4.05. The Balaban J connectivity index is -0.000000356. The van der Waals surface area contributed by atoms with E-state index in [0.29, 0.717) is 0 Å². The van der Waals surface area contributed by atoms with Crippen molar-refractivity contribution in [1.29, 1.82) is 0 Å². The third-order valence-electron chi connectivity index (χ3n) is 5.59. The van der Waals surface area contributed by atoms with Gasteiger partial charge in [0.15, 0.2) is 0 Å². The molecule has 0 aromatic heterocycles. The smallest absolute Gasteiger partial charge is 0.358 e. The van der Waals surface area contributed by atoms with Gasteiger partial charge in [0.05, 0.1) is 0 Å². The maximum Gasteiger partial charge on any atom is 2.00 e. The van der Waals surface area contributed by atoms with Crippen molar-refractivity contribution in [3.8, 4) is 0 Å². The first-order valence-electron chi connectivity index (χ1n) is 10.1. The summed E-state index contributed by atoms with van der Waals surface area (Å²) in [5, 5.41) is 0. The van der Waals surface area contributed by atoms with Gasteiger partial charge in [0, 0.05) is 0 Å². The van der Waals surface area contributed by atoms with Crippen LogP contribution in [0.3, 0.4) is 0 Å². The van der Waals surface area contributed by atoms with E-state index in [-0.39, 0.29) is 49.0 Å². The molecule has 2 heteroatoms. The molecule has 28 heavy (non-hydrogen) atoms. The summed E-state index contributed by atoms with van der Waals surface area (Å²) >= 11 is 0. The van der Waals surface area contributed by atoms with E-state index in [0.717, 1.165) is 24.7 Å². The Morgan fingerprint density at radius 1 is 0.821 bits per heavy atom. The van der Waals surface area contributed by atoms with Gasteiger partial charge in [-0.05, 0) is 0 Å². The standard InChI is InChI=1S/C13H19.C6H7.C5H10.2CH3.2Fe/c1-10-6-3-4-8-12(10)13-9-5-7-11(13)2;1-2-4-6-5-3-1;1-2-4-5-3-1;;;;/h4,6,8,11,13H,3,5,7,9H2,1-2H3;1-5H,6H2;1-5H2;2*1H3;;/q2*-1;;2*-1;2*+2. The zero-order valence-electron chi connectivity index (χ0n) is 18.6. The van der Waals surface area contributed by atoms with Gasteiger partial charge in [-0.3, -0.25) is 0 Å². The first-order valence-corrected chi connectivity index (χ1v) is 10.1. The Bertz CT molecular complexity index is 447. The van der Waals surface area contributed by atoms with E-state index in [1.54, 1.807) is 5.57 Å². The monoisotopic (exact) mass is 466 g/mol. The van der Waals surface area contributed by atoms with E-state index in [4.69, 9.17) is 0 Å². The molecule has 0 spiro atoms. The number of hydrogen-bond donors (Lipinski definition) is 0. The van der Waals surface area contributed by atoms with Crippen LogP contribution in [0.5, 0.6) is 0 Å². The molecular formula is C26H42Fe2. The van der Waals surface area contributed by atoms with Crippen molar-refractivity contribution in [1.82, 2.24) is 0 Å². The van der Waals surface area contributed by atoms with Crippen molar-refractivity contribution < 1.29 is 34.1 Å². The van der Waals surface area contributed by atoms with E-state index in [1.165, 1.54) is 56.9 Å². The van der Waals surface area contributed by atoms with Gasteiger partial charge >= 0.3 is 34.1 Å². The molecule has 2 unspecified atom stereocenters. The molecule has 0 aromatic rings. The topological polar surface area (TPSA) is 0 Å². The Hall–Kier alpha value is -0.261. The largest absolute Gasteiger partial charge is 2.00 e. The molecule has 0 heterocycles. The molecule has 0 aromatic carbocycles. The summed E-state index contributed by atoms with van der Waals surface area (Å²) in [6, 6.07) is 0. The van der Waals surface area contributed by atoms with E-state index in [1.807, 2.05) is 6.08 Å². The quantitative estimate of drug-likeness (QED) is 0.269. The number of hydrogen-bond acceptors (Lipinski definition) is 0. The molecule has 0 bridgehead atoms. The zero-order chi connectivity index (χ0) is 17.0. The molecule has 0 saturated heterocycles. The van der Waals surface area contributed by atoms with Crippen LogP contribution >= 0.6 is 0 Å². The van der Waals surface area contributed by atoms with Crippen LogP contribution in [0.1, 0.15) is 78.1 Å². The van der Waals surface area contributed by atoms with E-state index in [2.05, 4.69) is 57.1 Å². The van der Waals surface area contributed by atoms with Gasteiger partial charge in [0.1, 0.15) is 0 Å². The third-order valence-corrected chi connectivity index (χ3v) is 5.59. The van der Waals surface area contributed by atoms with E-state index >= 15 is 0 Å². The third kappa shape index (κ3) is 12.3. The van der Waals surface area contributed by atoms with Crippen molar-refractivity contribution in [3.05, 3.63) is 75.3 Å². The number of rotatable bonds is 1. The molecule has 0 radical (unpaired) electrons. The molecule has 4 rings (SSSR count). The molecular weight excluding hydrogens is 424 g/mol. The van der Waals surface area contributed by atoms with E-state index < -0.39 is 0 Å². The summed E-state index contributed by atoms with van der Waals surface area (Å²) < 4.78 is 0. The van der Waals surface area contributed by atoms with Gasteiger partial charge in [0.25, 0.3) is 0 Å². The van der Waals surface area contributed by atoms with Gasteiger partial charge in [-0.2, -0.15) is 5.57 Å². The average molecular weight is 466 g/mol. The minimum absolute atomic E-state index is 0. The fraction of sp³-hybridized carbons (Fsp3) is 0.538. The van der Waals surface area contributed by atoms with Crippen LogP contribution in [0.4, 0.5) is 0 Å². The van der Waals surface area contributed by atoms with E-state index in [9.17, 15) is 0 Å². The number of allylic oxidation sites excluding steroid dienone is 8. The first-order chi connectivity index (χ1) is 11.8.